The summed E-state index contributed by atoms with van der Waals surface area (Å²) in [6.07, 6.45) is 0.171. The van der Waals surface area contributed by atoms with E-state index >= 15 is 0 Å². The number of nitrogens with one attached hydrogen (secondary N) is 1. The van der Waals surface area contributed by atoms with E-state index < -0.39 is 41.1 Å². The standard InChI is InChI=1S/C17H23F2N2O5/c1-17(25,16(20)24)7-6-11(15(23)21-26)9-12(22)4-2-10-3-5-13(18)14(19)8-10/h3-5,8,11-12,22,25-26H,2,6-7,9H2,1H3,(H2,20,24)(H,21,23)/t11-,12+,17?/m1/s1. The van der Waals surface area contributed by atoms with Crippen LogP contribution in [0.25, 0.3) is 0 Å². The van der Waals surface area contributed by atoms with Gasteiger partial charge in [0.15, 0.2) is 11.6 Å². The van der Waals surface area contributed by atoms with Crippen LogP contribution in [0.5, 0.6) is 0 Å². The molecule has 0 heterocycles. The summed E-state index contributed by atoms with van der Waals surface area (Å²) in [5.74, 6) is -4.62. The maximum Gasteiger partial charge on any atom is 0.249 e. The van der Waals surface area contributed by atoms with Crippen LogP contribution in [-0.2, 0) is 16.0 Å². The monoisotopic (exact) mass is 373 g/mol. The highest BCUT2D eigenvalue weighted by Gasteiger charge is 2.31. The summed E-state index contributed by atoms with van der Waals surface area (Å²) >= 11 is 0. The number of rotatable bonds is 10. The Bertz CT molecular complexity index is 640. The Morgan fingerprint density at radius 3 is 2.54 bits per heavy atom. The molecule has 9 heteroatoms. The Kier molecular flexibility index (Phi) is 8.07. The summed E-state index contributed by atoms with van der Waals surface area (Å²) in [6.45, 7) is 1.20. The van der Waals surface area contributed by atoms with Crippen LogP contribution < -0.4 is 11.2 Å². The number of nitrogens with two attached hydrogens (primary N) is 1. The zero-order valence-electron chi connectivity index (χ0n) is 14.3. The van der Waals surface area contributed by atoms with Crippen molar-refractivity contribution in [2.75, 3.05) is 0 Å². The number of aliphatic hydroxyl groups excluding tert-OH is 1. The number of halogens is 2. The Balaban J connectivity index is 2.61. The molecular formula is C17H23F2N2O5. The SMILES string of the molecule is CC(O)(CC[C@H](C[C@@H](O)[CH]Cc1ccc(F)c(F)c1)C(=O)NO)C(N)=O. The number of hydroxylamine groups is 1. The minimum absolute atomic E-state index is 0.0155. The fourth-order valence-electron chi connectivity index (χ4n) is 2.35. The largest absolute Gasteiger partial charge is 0.393 e. The van der Waals surface area contributed by atoms with Crippen LogP contribution in [0.3, 0.4) is 0 Å². The molecule has 3 atom stereocenters. The quantitative estimate of drug-likeness (QED) is 0.303. The maximum atomic E-state index is 13.1. The van der Waals surface area contributed by atoms with Gasteiger partial charge in [-0.05, 0) is 56.7 Å². The third-order valence-corrected chi connectivity index (χ3v) is 4.13. The van der Waals surface area contributed by atoms with E-state index in [1.807, 2.05) is 0 Å². The molecule has 1 aromatic carbocycles. The van der Waals surface area contributed by atoms with Crippen LogP contribution in [-0.4, -0.2) is 38.9 Å². The normalized spacial score (nSPS) is 15.8. The van der Waals surface area contributed by atoms with Gasteiger partial charge in [0, 0.05) is 5.92 Å². The number of benzene rings is 1. The Hall–Kier alpha value is -2.10. The van der Waals surface area contributed by atoms with Gasteiger partial charge >= 0.3 is 0 Å². The molecule has 7 nitrogen and oxygen atoms in total. The smallest absolute Gasteiger partial charge is 0.249 e. The molecule has 0 spiro atoms. The Labute approximate surface area is 149 Å². The van der Waals surface area contributed by atoms with E-state index in [-0.39, 0.29) is 25.7 Å². The van der Waals surface area contributed by atoms with Gasteiger partial charge in [0.2, 0.25) is 11.8 Å². The third kappa shape index (κ3) is 6.66. The van der Waals surface area contributed by atoms with Crippen molar-refractivity contribution in [1.29, 1.82) is 0 Å². The molecule has 6 N–H and O–H groups in total. The fraction of sp³-hybridized carbons (Fsp3) is 0.471. The van der Waals surface area contributed by atoms with Crippen LogP contribution >= 0.6 is 0 Å². The second-order valence-electron chi connectivity index (χ2n) is 6.34. The average Bonchev–Trinajstić information content (AvgIpc) is 2.58. The highest BCUT2D eigenvalue weighted by Crippen LogP contribution is 2.22. The van der Waals surface area contributed by atoms with Gasteiger partial charge < -0.3 is 15.9 Å². The number of aliphatic hydroxyl groups is 2. The summed E-state index contributed by atoms with van der Waals surface area (Å²) in [6, 6.07) is 3.34. The number of hydrogen-bond acceptors (Lipinski definition) is 5. The van der Waals surface area contributed by atoms with E-state index in [4.69, 9.17) is 10.9 Å². The lowest BCUT2D eigenvalue weighted by atomic mass is 9.88. The lowest BCUT2D eigenvalue weighted by molar-refractivity contribution is -0.138. The second kappa shape index (κ2) is 9.56. The molecule has 0 saturated heterocycles. The minimum Gasteiger partial charge on any atom is -0.393 e. The van der Waals surface area contributed by atoms with E-state index in [9.17, 15) is 28.6 Å². The fourth-order valence-corrected chi connectivity index (χ4v) is 2.35. The van der Waals surface area contributed by atoms with Crippen LogP contribution in [0.1, 0.15) is 31.7 Å². The van der Waals surface area contributed by atoms with Gasteiger partial charge in [-0.15, -0.1) is 0 Å². The molecule has 1 unspecified atom stereocenters. The first-order chi connectivity index (χ1) is 12.1. The first-order valence-corrected chi connectivity index (χ1v) is 7.98. The average molecular weight is 373 g/mol. The van der Waals surface area contributed by atoms with E-state index in [0.29, 0.717) is 5.56 Å². The highest BCUT2D eigenvalue weighted by molar-refractivity contribution is 5.82. The second-order valence-corrected chi connectivity index (χ2v) is 6.34. The van der Waals surface area contributed by atoms with Crippen LogP contribution in [0, 0.1) is 24.0 Å². The van der Waals surface area contributed by atoms with Gasteiger partial charge in [-0.2, -0.15) is 0 Å². The molecule has 1 aromatic rings. The summed E-state index contributed by atoms with van der Waals surface area (Å²) < 4.78 is 26.0. The number of carbonyl (C=O) groups is 2. The molecule has 26 heavy (non-hydrogen) atoms. The van der Waals surface area contributed by atoms with Gasteiger partial charge in [0.05, 0.1) is 6.10 Å². The van der Waals surface area contributed by atoms with Crippen molar-refractivity contribution in [2.24, 2.45) is 11.7 Å². The van der Waals surface area contributed by atoms with Crippen molar-refractivity contribution < 1.29 is 33.8 Å². The molecule has 0 aliphatic rings. The van der Waals surface area contributed by atoms with E-state index in [1.54, 1.807) is 0 Å². The maximum absolute atomic E-state index is 13.1. The van der Waals surface area contributed by atoms with Crippen LogP contribution in [0.15, 0.2) is 18.2 Å². The molecule has 0 bridgehead atoms. The molecule has 0 aliphatic heterocycles. The van der Waals surface area contributed by atoms with Crippen molar-refractivity contribution in [1.82, 2.24) is 5.48 Å². The number of carbonyl (C=O) groups excluding carboxylic acids is 2. The van der Waals surface area contributed by atoms with Crippen LogP contribution in [0.4, 0.5) is 8.78 Å². The summed E-state index contributed by atoms with van der Waals surface area (Å²) in [5, 5.41) is 28.7. The first-order valence-electron chi connectivity index (χ1n) is 7.98. The number of hydrogen-bond donors (Lipinski definition) is 5. The summed E-state index contributed by atoms with van der Waals surface area (Å²) in [7, 11) is 0. The molecule has 0 saturated carbocycles. The lowest BCUT2D eigenvalue weighted by Gasteiger charge is -2.23. The Morgan fingerprint density at radius 2 is 2.00 bits per heavy atom. The number of amides is 2. The minimum atomic E-state index is -1.83. The van der Waals surface area contributed by atoms with Crippen molar-refractivity contribution >= 4 is 11.8 Å². The van der Waals surface area contributed by atoms with E-state index in [0.717, 1.165) is 12.1 Å². The van der Waals surface area contributed by atoms with Crippen molar-refractivity contribution in [3.63, 3.8) is 0 Å². The van der Waals surface area contributed by atoms with Gasteiger partial charge in [-0.25, -0.2) is 14.3 Å². The van der Waals surface area contributed by atoms with Crippen molar-refractivity contribution in [2.45, 2.75) is 44.3 Å². The molecule has 0 aromatic heterocycles. The molecule has 1 radical (unpaired) electrons. The molecular weight excluding hydrogens is 350 g/mol. The first kappa shape index (κ1) is 21.9. The third-order valence-electron chi connectivity index (χ3n) is 4.13. The number of primary amides is 1. The zero-order chi connectivity index (χ0) is 19.9. The van der Waals surface area contributed by atoms with Crippen molar-refractivity contribution in [3.8, 4) is 0 Å². The van der Waals surface area contributed by atoms with Gasteiger partial charge in [-0.1, -0.05) is 6.07 Å². The molecule has 0 fully saturated rings. The molecule has 145 valence electrons. The van der Waals surface area contributed by atoms with E-state index in [1.165, 1.54) is 24.9 Å². The topological polar surface area (TPSA) is 133 Å². The van der Waals surface area contributed by atoms with Crippen molar-refractivity contribution in [3.05, 3.63) is 41.8 Å². The van der Waals surface area contributed by atoms with Crippen LogP contribution in [0.2, 0.25) is 0 Å². The van der Waals surface area contributed by atoms with E-state index in [2.05, 4.69) is 0 Å². The van der Waals surface area contributed by atoms with Gasteiger partial charge in [0.1, 0.15) is 5.60 Å². The van der Waals surface area contributed by atoms with Gasteiger partial charge in [-0.3, -0.25) is 14.8 Å². The predicted molar refractivity (Wildman–Crippen MR) is 87.5 cm³/mol. The predicted octanol–water partition coefficient (Wildman–Crippen LogP) is 0.601. The molecule has 0 aliphatic carbocycles. The zero-order valence-corrected chi connectivity index (χ0v) is 14.3. The highest BCUT2D eigenvalue weighted by atomic mass is 19.2. The summed E-state index contributed by atoms with van der Waals surface area (Å²) in [5.41, 5.74) is 5.13. The molecule has 1 rings (SSSR count). The molecule has 2 amide bonds. The lowest BCUT2D eigenvalue weighted by Crippen LogP contribution is -2.42. The van der Waals surface area contributed by atoms with Gasteiger partial charge in [0.25, 0.3) is 0 Å². The Morgan fingerprint density at radius 1 is 1.35 bits per heavy atom. The summed E-state index contributed by atoms with van der Waals surface area (Å²) in [4.78, 5) is 22.8.